The van der Waals surface area contributed by atoms with Crippen LogP contribution in [0.25, 0.3) is 0 Å². The highest BCUT2D eigenvalue weighted by atomic mass is 79.9. The minimum absolute atomic E-state index is 0.0198. The van der Waals surface area contributed by atoms with E-state index in [9.17, 15) is 9.18 Å². The van der Waals surface area contributed by atoms with Gasteiger partial charge in [-0.3, -0.25) is 4.79 Å². The van der Waals surface area contributed by atoms with Gasteiger partial charge in [-0.2, -0.15) is 0 Å². The zero-order valence-electron chi connectivity index (χ0n) is 9.10. The zero-order valence-corrected chi connectivity index (χ0v) is 10.7. The Morgan fingerprint density at radius 3 is 2.94 bits per heavy atom. The summed E-state index contributed by atoms with van der Waals surface area (Å²) in [5, 5.41) is 6.39. The number of benzene rings is 1. The average molecular weight is 314 g/mol. The minimum atomic E-state index is -0.385. The van der Waals surface area contributed by atoms with Gasteiger partial charge < -0.3 is 11.1 Å². The molecule has 8 heteroatoms. The molecule has 18 heavy (non-hydrogen) atoms. The van der Waals surface area contributed by atoms with Crippen molar-refractivity contribution in [2.45, 2.75) is 6.54 Å². The second-order valence-corrected chi connectivity index (χ2v) is 4.33. The van der Waals surface area contributed by atoms with Gasteiger partial charge in [0.05, 0.1) is 5.69 Å². The second kappa shape index (κ2) is 5.13. The van der Waals surface area contributed by atoms with Crippen LogP contribution in [0.2, 0.25) is 0 Å². The summed E-state index contributed by atoms with van der Waals surface area (Å²) in [6.45, 7) is -0.0198. The molecule has 0 spiro atoms. The summed E-state index contributed by atoms with van der Waals surface area (Å²) in [5.74, 6) is -0.595. The van der Waals surface area contributed by atoms with E-state index in [4.69, 9.17) is 5.73 Å². The van der Waals surface area contributed by atoms with Crippen molar-refractivity contribution in [3.05, 3.63) is 34.8 Å². The Balaban J connectivity index is 2.03. The van der Waals surface area contributed by atoms with Crippen LogP contribution in [0.1, 0.15) is 0 Å². The highest BCUT2D eigenvalue weighted by molar-refractivity contribution is 9.10. The lowest BCUT2D eigenvalue weighted by atomic mass is 10.3. The lowest BCUT2D eigenvalue weighted by molar-refractivity contribution is -0.116. The average Bonchev–Trinajstić information content (AvgIpc) is 2.68. The standard InChI is InChI=1S/C10H9BrFN5O/c11-7-3-6(12)1-2-8(7)15-9(18)4-17-5-14-10(13)16-17/h1-3,5H,4H2,(H2,13,16)(H,15,18). The van der Waals surface area contributed by atoms with E-state index < -0.39 is 0 Å². The lowest BCUT2D eigenvalue weighted by Crippen LogP contribution is -2.19. The van der Waals surface area contributed by atoms with Gasteiger partial charge in [-0.05, 0) is 34.1 Å². The number of carbonyl (C=O) groups excluding carboxylic acids is 1. The zero-order chi connectivity index (χ0) is 13.1. The van der Waals surface area contributed by atoms with Crippen molar-refractivity contribution in [3.8, 4) is 0 Å². The van der Waals surface area contributed by atoms with E-state index >= 15 is 0 Å². The Bertz CT molecular complexity index is 585. The largest absolute Gasteiger partial charge is 0.367 e. The van der Waals surface area contributed by atoms with E-state index in [0.717, 1.165) is 0 Å². The summed E-state index contributed by atoms with van der Waals surface area (Å²) < 4.78 is 14.6. The van der Waals surface area contributed by atoms with Crippen molar-refractivity contribution in [2.75, 3.05) is 11.1 Å². The molecule has 6 nitrogen and oxygen atoms in total. The maximum absolute atomic E-state index is 12.9. The Morgan fingerprint density at radius 1 is 1.56 bits per heavy atom. The van der Waals surface area contributed by atoms with Crippen molar-refractivity contribution in [3.63, 3.8) is 0 Å². The number of halogens is 2. The fourth-order valence-corrected chi connectivity index (χ4v) is 1.76. The van der Waals surface area contributed by atoms with Gasteiger partial charge in [0.25, 0.3) is 0 Å². The van der Waals surface area contributed by atoms with E-state index in [1.54, 1.807) is 0 Å². The summed E-state index contributed by atoms with van der Waals surface area (Å²) in [6, 6.07) is 3.99. The van der Waals surface area contributed by atoms with Crippen molar-refractivity contribution in [1.29, 1.82) is 0 Å². The van der Waals surface area contributed by atoms with E-state index in [-0.39, 0.29) is 24.2 Å². The first kappa shape index (κ1) is 12.5. The summed E-state index contributed by atoms with van der Waals surface area (Å²) in [4.78, 5) is 15.4. The predicted octanol–water partition coefficient (Wildman–Crippen LogP) is 1.40. The van der Waals surface area contributed by atoms with Gasteiger partial charge in [-0.25, -0.2) is 14.1 Å². The minimum Gasteiger partial charge on any atom is -0.367 e. The van der Waals surface area contributed by atoms with Crippen LogP contribution in [-0.2, 0) is 11.3 Å². The lowest BCUT2D eigenvalue weighted by Gasteiger charge is -2.07. The Labute approximate surface area is 110 Å². The third kappa shape index (κ3) is 3.04. The van der Waals surface area contributed by atoms with E-state index in [1.165, 1.54) is 29.2 Å². The number of anilines is 2. The van der Waals surface area contributed by atoms with Crippen molar-refractivity contribution >= 4 is 33.5 Å². The number of nitrogens with one attached hydrogen (secondary N) is 1. The molecule has 0 atom stereocenters. The molecule has 1 heterocycles. The SMILES string of the molecule is Nc1ncn(CC(=O)Nc2ccc(F)cc2Br)n1. The monoisotopic (exact) mass is 313 g/mol. The molecule has 0 aliphatic rings. The Hall–Kier alpha value is -1.96. The van der Waals surface area contributed by atoms with Crippen LogP contribution in [0.3, 0.4) is 0 Å². The number of nitrogens with two attached hydrogens (primary N) is 1. The molecule has 0 radical (unpaired) electrons. The van der Waals surface area contributed by atoms with Crippen LogP contribution in [0.4, 0.5) is 16.0 Å². The van der Waals surface area contributed by atoms with Crippen molar-refractivity contribution < 1.29 is 9.18 Å². The molecule has 0 saturated heterocycles. The van der Waals surface area contributed by atoms with Gasteiger partial charge >= 0.3 is 0 Å². The van der Waals surface area contributed by atoms with Gasteiger partial charge in [0.15, 0.2) is 0 Å². The molecule has 0 saturated carbocycles. The summed E-state index contributed by atoms with van der Waals surface area (Å²) in [7, 11) is 0. The number of rotatable bonds is 3. The summed E-state index contributed by atoms with van der Waals surface area (Å²) in [5.41, 5.74) is 5.80. The maximum atomic E-state index is 12.9. The Kier molecular flexibility index (Phi) is 3.56. The number of nitrogen functional groups attached to an aromatic ring is 1. The third-order valence-electron chi connectivity index (χ3n) is 2.07. The van der Waals surface area contributed by atoms with Crippen LogP contribution < -0.4 is 11.1 Å². The molecular formula is C10H9BrFN5O. The molecule has 0 bridgehead atoms. The van der Waals surface area contributed by atoms with Crippen LogP contribution in [0.15, 0.2) is 29.0 Å². The first-order valence-electron chi connectivity index (χ1n) is 4.94. The van der Waals surface area contributed by atoms with E-state index in [1.807, 2.05) is 0 Å². The number of carbonyl (C=O) groups is 1. The van der Waals surface area contributed by atoms with Gasteiger partial charge in [-0.15, -0.1) is 5.10 Å². The molecule has 1 aromatic carbocycles. The number of amides is 1. The molecule has 0 fully saturated rings. The quantitative estimate of drug-likeness (QED) is 0.897. The molecule has 2 aromatic rings. The highest BCUT2D eigenvalue weighted by Gasteiger charge is 2.08. The van der Waals surface area contributed by atoms with Crippen molar-refractivity contribution in [2.24, 2.45) is 0 Å². The summed E-state index contributed by atoms with van der Waals surface area (Å²) >= 11 is 3.16. The predicted molar refractivity (Wildman–Crippen MR) is 67.2 cm³/mol. The molecule has 0 aliphatic heterocycles. The topological polar surface area (TPSA) is 85.8 Å². The fraction of sp³-hybridized carbons (Fsp3) is 0.100. The van der Waals surface area contributed by atoms with E-state index in [2.05, 4.69) is 31.3 Å². The van der Waals surface area contributed by atoms with Crippen molar-refractivity contribution in [1.82, 2.24) is 14.8 Å². The normalized spacial score (nSPS) is 10.3. The molecule has 3 N–H and O–H groups in total. The van der Waals surface area contributed by atoms with Crippen LogP contribution in [0, 0.1) is 5.82 Å². The Morgan fingerprint density at radius 2 is 2.33 bits per heavy atom. The molecule has 1 amide bonds. The van der Waals surface area contributed by atoms with E-state index in [0.29, 0.717) is 10.2 Å². The van der Waals surface area contributed by atoms with Gasteiger partial charge in [0.1, 0.15) is 18.7 Å². The van der Waals surface area contributed by atoms with Crippen LogP contribution in [-0.4, -0.2) is 20.7 Å². The second-order valence-electron chi connectivity index (χ2n) is 3.47. The van der Waals surface area contributed by atoms with Gasteiger partial charge in [0, 0.05) is 4.47 Å². The highest BCUT2D eigenvalue weighted by Crippen LogP contribution is 2.22. The van der Waals surface area contributed by atoms with Crippen LogP contribution in [0.5, 0.6) is 0 Å². The maximum Gasteiger partial charge on any atom is 0.246 e. The summed E-state index contributed by atoms with van der Waals surface area (Å²) in [6.07, 6.45) is 1.36. The number of hydrogen-bond donors (Lipinski definition) is 2. The molecule has 94 valence electrons. The fourth-order valence-electron chi connectivity index (χ4n) is 1.31. The molecular weight excluding hydrogens is 305 g/mol. The first-order valence-corrected chi connectivity index (χ1v) is 5.74. The first-order chi connectivity index (χ1) is 8.54. The number of aromatic nitrogens is 3. The van der Waals surface area contributed by atoms with Gasteiger partial charge in [-0.1, -0.05) is 0 Å². The molecule has 0 unspecified atom stereocenters. The van der Waals surface area contributed by atoms with Crippen LogP contribution >= 0.6 is 15.9 Å². The number of nitrogens with zero attached hydrogens (tertiary/aromatic N) is 3. The molecule has 2 rings (SSSR count). The third-order valence-corrected chi connectivity index (χ3v) is 2.72. The molecule has 0 aliphatic carbocycles. The number of hydrogen-bond acceptors (Lipinski definition) is 4. The van der Waals surface area contributed by atoms with Gasteiger partial charge in [0.2, 0.25) is 11.9 Å². The smallest absolute Gasteiger partial charge is 0.246 e. The molecule has 1 aromatic heterocycles.